The first kappa shape index (κ1) is 21.0. The molecule has 2 aromatic carbocycles. The number of para-hydroxylation sites is 1. The number of benzene rings is 2. The highest BCUT2D eigenvalue weighted by atomic mass is 16.7. The molecule has 0 bridgehead atoms. The third-order valence-corrected chi connectivity index (χ3v) is 5.94. The highest BCUT2D eigenvalue weighted by molar-refractivity contribution is 6.24. The first-order valence-electron chi connectivity index (χ1n) is 10.7. The zero-order valence-corrected chi connectivity index (χ0v) is 18.1. The number of imide groups is 1. The van der Waals surface area contributed by atoms with Crippen molar-refractivity contribution in [3.8, 4) is 0 Å². The maximum Gasteiger partial charge on any atom is 0.338 e. The number of ether oxygens (including phenoxy) is 1. The van der Waals surface area contributed by atoms with Crippen LogP contribution in [0.1, 0.15) is 34.6 Å². The molecule has 33 heavy (non-hydrogen) atoms. The Morgan fingerprint density at radius 3 is 2.42 bits per heavy atom. The average Bonchev–Trinajstić information content (AvgIpc) is 3.52. The van der Waals surface area contributed by atoms with Crippen LogP contribution in [0.15, 0.2) is 71.3 Å². The Labute approximate surface area is 190 Å². The first-order valence-corrected chi connectivity index (χ1v) is 10.7. The van der Waals surface area contributed by atoms with E-state index in [-0.39, 0.29) is 12.5 Å². The van der Waals surface area contributed by atoms with Crippen molar-refractivity contribution in [3.05, 3.63) is 83.8 Å². The van der Waals surface area contributed by atoms with Crippen molar-refractivity contribution in [2.45, 2.75) is 26.0 Å². The number of nitrogens with zero attached hydrogens (tertiary/aromatic N) is 2. The average molecular weight is 446 g/mol. The smallest absolute Gasteiger partial charge is 0.338 e. The molecular weight excluding hydrogens is 424 g/mol. The second-order valence-corrected chi connectivity index (χ2v) is 7.90. The summed E-state index contributed by atoms with van der Waals surface area (Å²) in [5.74, 6) is -1.55. The van der Waals surface area contributed by atoms with Gasteiger partial charge in [-0.15, -0.1) is 0 Å². The van der Waals surface area contributed by atoms with E-state index in [1.54, 1.807) is 36.3 Å². The van der Waals surface area contributed by atoms with Gasteiger partial charge in [0.05, 0.1) is 29.8 Å². The van der Waals surface area contributed by atoms with Crippen molar-refractivity contribution < 1.29 is 28.4 Å². The molecule has 2 fully saturated rings. The van der Waals surface area contributed by atoms with E-state index in [4.69, 9.17) is 14.0 Å². The Hall–Kier alpha value is -3.91. The van der Waals surface area contributed by atoms with Crippen molar-refractivity contribution >= 4 is 29.2 Å². The number of anilines is 2. The molecule has 3 atom stereocenters. The summed E-state index contributed by atoms with van der Waals surface area (Å²) in [6, 6.07) is 16.7. The molecule has 3 heterocycles. The Bertz CT molecular complexity index is 1200. The molecule has 0 N–H and O–H groups in total. The number of carbonyl (C=O) groups excluding carboxylic acids is 3. The third kappa shape index (κ3) is 3.39. The maximum absolute atomic E-state index is 13.6. The molecule has 2 amide bonds. The van der Waals surface area contributed by atoms with Crippen molar-refractivity contribution in [1.82, 2.24) is 0 Å². The van der Waals surface area contributed by atoms with Gasteiger partial charge in [0.1, 0.15) is 17.7 Å². The van der Waals surface area contributed by atoms with Crippen LogP contribution in [0.3, 0.4) is 0 Å². The molecule has 8 nitrogen and oxygen atoms in total. The molecule has 168 valence electrons. The summed E-state index contributed by atoms with van der Waals surface area (Å²) < 4.78 is 10.6. The lowest BCUT2D eigenvalue weighted by Gasteiger charge is -2.28. The summed E-state index contributed by atoms with van der Waals surface area (Å²) in [6.07, 6.45) is 0.545. The van der Waals surface area contributed by atoms with Crippen molar-refractivity contribution in [3.63, 3.8) is 0 Å². The lowest BCUT2D eigenvalue weighted by Crippen LogP contribution is -2.37. The lowest BCUT2D eigenvalue weighted by molar-refractivity contribution is -0.126. The van der Waals surface area contributed by atoms with Crippen LogP contribution < -0.4 is 9.96 Å². The molecule has 1 aromatic heterocycles. The summed E-state index contributed by atoms with van der Waals surface area (Å²) in [5.41, 5.74) is 2.42. The Morgan fingerprint density at radius 1 is 1.00 bits per heavy atom. The fourth-order valence-corrected chi connectivity index (χ4v) is 4.40. The van der Waals surface area contributed by atoms with Gasteiger partial charge in [-0.05, 0) is 61.9 Å². The second kappa shape index (κ2) is 8.22. The predicted octanol–water partition coefficient (Wildman–Crippen LogP) is 3.82. The zero-order valence-electron chi connectivity index (χ0n) is 18.1. The quantitative estimate of drug-likeness (QED) is 0.435. The van der Waals surface area contributed by atoms with Gasteiger partial charge in [0.2, 0.25) is 5.91 Å². The number of fused-ring (bicyclic) bond motifs is 1. The molecule has 2 aliphatic rings. The molecule has 8 heteroatoms. The van der Waals surface area contributed by atoms with Crippen LogP contribution in [0.5, 0.6) is 0 Å². The lowest BCUT2D eigenvalue weighted by atomic mass is 9.94. The van der Waals surface area contributed by atoms with E-state index in [0.29, 0.717) is 17.0 Å². The van der Waals surface area contributed by atoms with Gasteiger partial charge in [0.15, 0.2) is 6.10 Å². The highest BCUT2D eigenvalue weighted by Gasteiger charge is 2.61. The molecule has 2 aliphatic heterocycles. The van der Waals surface area contributed by atoms with E-state index < -0.39 is 29.9 Å². The van der Waals surface area contributed by atoms with Crippen LogP contribution in [0, 0.1) is 12.8 Å². The van der Waals surface area contributed by atoms with Crippen LogP contribution in [0.4, 0.5) is 11.4 Å². The van der Waals surface area contributed by atoms with Crippen LogP contribution in [0.25, 0.3) is 0 Å². The second-order valence-electron chi connectivity index (χ2n) is 7.90. The Balaban J connectivity index is 1.49. The maximum atomic E-state index is 13.6. The summed E-state index contributed by atoms with van der Waals surface area (Å²) >= 11 is 0. The number of aryl methyl sites for hydroxylation is 1. The number of hydrogen-bond acceptors (Lipinski definition) is 7. The molecular formula is C25H22N2O6. The van der Waals surface area contributed by atoms with E-state index in [1.807, 2.05) is 31.2 Å². The number of amides is 2. The Morgan fingerprint density at radius 2 is 1.76 bits per heavy atom. The van der Waals surface area contributed by atoms with Gasteiger partial charge in [-0.3, -0.25) is 14.4 Å². The van der Waals surface area contributed by atoms with Crippen molar-refractivity contribution in [2.24, 2.45) is 5.92 Å². The monoisotopic (exact) mass is 446 g/mol. The van der Waals surface area contributed by atoms with E-state index in [9.17, 15) is 14.4 Å². The van der Waals surface area contributed by atoms with Crippen LogP contribution in [-0.4, -0.2) is 30.5 Å². The van der Waals surface area contributed by atoms with E-state index in [0.717, 1.165) is 16.2 Å². The standard InChI is InChI=1S/C25H22N2O6/c1-3-31-25(30)16-10-12-17(13-11-16)26-23(28)20-21(19-9-6-14-32-19)27(33-22(20)24(26)29)18-8-5-4-7-15(18)2/h4-14,20-22H,3H2,1-2H3. The van der Waals surface area contributed by atoms with Crippen LogP contribution >= 0.6 is 0 Å². The minimum atomic E-state index is -0.989. The summed E-state index contributed by atoms with van der Waals surface area (Å²) in [6.45, 7) is 3.92. The minimum Gasteiger partial charge on any atom is -0.467 e. The van der Waals surface area contributed by atoms with Crippen molar-refractivity contribution in [1.29, 1.82) is 0 Å². The van der Waals surface area contributed by atoms with Gasteiger partial charge >= 0.3 is 5.97 Å². The Kier molecular flexibility index (Phi) is 5.22. The zero-order chi connectivity index (χ0) is 23.1. The molecule has 2 saturated heterocycles. The van der Waals surface area contributed by atoms with Gasteiger partial charge in [-0.25, -0.2) is 14.8 Å². The number of esters is 1. The first-order chi connectivity index (χ1) is 16.0. The van der Waals surface area contributed by atoms with Gasteiger partial charge in [0.25, 0.3) is 5.91 Å². The van der Waals surface area contributed by atoms with E-state index >= 15 is 0 Å². The molecule has 0 spiro atoms. The molecule has 5 rings (SSSR count). The van der Waals surface area contributed by atoms with Crippen LogP contribution in [-0.2, 0) is 19.2 Å². The molecule has 0 radical (unpaired) electrons. The SMILES string of the molecule is CCOC(=O)c1ccc(N2C(=O)C3ON(c4ccccc4C)C(c4ccco4)C3C2=O)cc1. The molecule has 0 aliphatic carbocycles. The largest absolute Gasteiger partial charge is 0.467 e. The van der Waals surface area contributed by atoms with E-state index in [2.05, 4.69) is 0 Å². The minimum absolute atomic E-state index is 0.260. The van der Waals surface area contributed by atoms with Gasteiger partial charge in [0, 0.05) is 0 Å². The number of carbonyl (C=O) groups is 3. The number of rotatable bonds is 5. The fraction of sp³-hybridized carbons (Fsp3) is 0.240. The highest BCUT2D eigenvalue weighted by Crippen LogP contribution is 2.48. The predicted molar refractivity (Wildman–Crippen MR) is 118 cm³/mol. The third-order valence-electron chi connectivity index (χ3n) is 5.94. The number of hydrogen-bond donors (Lipinski definition) is 0. The summed E-state index contributed by atoms with van der Waals surface area (Å²) in [4.78, 5) is 46.0. The number of hydroxylamine groups is 1. The van der Waals surface area contributed by atoms with E-state index in [1.165, 1.54) is 18.4 Å². The van der Waals surface area contributed by atoms with Gasteiger partial charge < -0.3 is 9.15 Å². The molecule has 0 saturated carbocycles. The summed E-state index contributed by atoms with van der Waals surface area (Å²) in [7, 11) is 0. The molecule has 3 aromatic rings. The van der Waals surface area contributed by atoms with Gasteiger partial charge in [-0.1, -0.05) is 18.2 Å². The normalized spacial score (nSPS) is 22.1. The number of furan rings is 1. The van der Waals surface area contributed by atoms with Crippen molar-refractivity contribution in [2.75, 3.05) is 16.6 Å². The van der Waals surface area contributed by atoms with Crippen LogP contribution in [0.2, 0.25) is 0 Å². The van der Waals surface area contributed by atoms with Gasteiger partial charge in [-0.2, -0.15) is 0 Å². The summed E-state index contributed by atoms with van der Waals surface area (Å²) in [5, 5.41) is 1.61. The molecule has 3 unspecified atom stereocenters. The topological polar surface area (TPSA) is 89.3 Å². The fourth-order valence-electron chi connectivity index (χ4n) is 4.40.